The fourth-order valence-corrected chi connectivity index (χ4v) is 3.92. The number of hydrogen-bond donors (Lipinski definition) is 3. The summed E-state index contributed by atoms with van der Waals surface area (Å²) in [6.07, 6.45) is -0.570. The predicted octanol–water partition coefficient (Wildman–Crippen LogP) is 1.77. The molecule has 0 saturated carbocycles. The Labute approximate surface area is 180 Å². The summed E-state index contributed by atoms with van der Waals surface area (Å²) in [4.78, 5) is 23.6. The number of piperazine rings is 1. The highest BCUT2D eigenvalue weighted by Gasteiger charge is 2.47. The number of amides is 1. The predicted molar refractivity (Wildman–Crippen MR) is 115 cm³/mol. The molecule has 1 aliphatic heterocycles. The van der Waals surface area contributed by atoms with Gasteiger partial charge in [0.2, 0.25) is 11.7 Å². The van der Waals surface area contributed by atoms with E-state index in [1.165, 1.54) is 21.3 Å². The number of methoxy groups -OCH3 is 3. The van der Waals surface area contributed by atoms with E-state index >= 15 is 0 Å². The van der Waals surface area contributed by atoms with Crippen LogP contribution < -0.4 is 24.8 Å². The third-order valence-corrected chi connectivity index (χ3v) is 5.91. The van der Waals surface area contributed by atoms with Crippen molar-refractivity contribution in [2.24, 2.45) is 5.92 Å². The summed E-state index contributed by atoms with van der Waals surface area (Å²) in [6, 6.07) is 1.67. The number of nitrogens with two attached hydrogens (primary N) is 1. The van der Waals surface area contributed by atoms with Gasteiger partial charge in [-0.2, -0.15) is 4.98 Å². The lowest BCUT2D eigenvalue weighted by molar-refractivity contribution is -0.132. The van der Waals surface area contributed by atoms with Crippen molar-refractivity contribution in [1.82, 2.24) is 14.9 Å². The molecule has 2 heterocycles. The lowest BCUT2D eigenvalue weighted by atomic mass is 9.91. The molecule has 170 valence electrons. The molecule has 0 radical (unpaired) electrons. The number of hydrogen-bond acceptors (Lipinski definition) is 9. The van der Waals surface area contributed by atoms with Crippen molar-refractivity contribution in [3.8, 4) is 17.2 Å². The highest BCUT2D eigenvalue weighted by molar-refractivity contribution is 5.97. The lowest BCUT2D eigenvalue weighted by Gasteiger charge is -2.48. The Kier molecular flexibility index (Phi) is 6.16. The normalized spacial score (nSPS) is 19.9. The number of anilines is 2. The van der Waals surface area contributed by atoms with Crippen molar-refractivity contribution < 1.29 is 29.2 Å². The van der Waals surface area contributed by atoms with Crippen LogP contribution >= 0.6 is 0 Å². The summed E-state index contributed by atoms with van der Waals surface area (Å²) in [5.74, 6) is 1.30. The molecule has 2 aromatic rings. The molecule has 1 aromatic heterocycles. The van der Waals surface area contributed by atoms with Gasteiger partial charge in [0.25, 0.3) is 0 Å². The lowest BCUT2D eigenvalue weighted by Crippen LogP contribution is -2.67. The van der Waals surface area contributed by atoms with Gasteiger partial charge in [-0.1, -0.05) is 13.8 Å². The third kappa shape index (κ3) is 3.69. The SMILES string of the molecule is CCC(C)C1(O)CN(c2nc(N)c3cc(OC)c(OC)c(OC)c3n2)CCN1C(=O)O. The van der Waals surface area contributed by atoms with Gasteiger partial charge in [0.1, 0.15) is 11.3 Å². The maximum absolute atomic E-state index is 11.7. The van der Waals surface area contributed by atoms with Crippen LogP contribution in [0.4, 0.5) is 16.6 Å². The second-order valence-corrected chi connectivity index (χ2v) is 7.49. The number of aliphatic hydroxyl groups is 1. The summed E-state index contributed by atoms with van der Waals surface area (Å²) in [5.41, 5.74) is 5.07. The molecule has 1 amide bonds. The molecule has 0 spiro atoms. The molecule has 11 heteroatoms. The molecule has 2 atom stereocenters. The van der Waals surface area contributed by atoms with Gasteiger partial charge in [-0.25, -0.2) is 9.78 Å². The molecule has 11 nitrogen and oxygen atoms in total. The minimum absolute atomic E-state index is 0.00879. The second-order valence-electron chi connectivity index (χ2n) is 7.49. The quantitative estimate of drug-likeness (QED) is 0.614. The Bertz CT molecular complexity index is 986. The Morgan fingerprint density at radius 3 is 2.45 bits per heavy atom. The smallest absolute Gasteiger partial charge is 0.409 e. The van der Waals surface area contributed by atoms with Crippen molar-refractivity contribution in [3.63, 3.8) is 0 Å². The zero-order valence-electron chi connectivity index (χ0n) is 18.4. The summed E-state index contributed by atoms with van der Waals surface area (Å²) in [7, 11) is 4.49. The topological polar surface area (TPSA) is 144 Å². The van der Waals surface area contributed by atoms with Crippen LogP contribution in [0.15, 0.2) is 6.07 Å². The van der Waals surface area contributed by atoms with Gasteiger partial charge in [0, 0.05) is 19.0 Å². The third-order valence-electron chi connectivity index (χ3n) is 5.91. The van der Waals surface area contributed by atoms with Crippen LogP contribution in [0.5, 0.6) is 17.2 Å². The minimum Gasteiger partial charge on any atom is -0.493 e. The molecule has 1 aromatic carbocycles. The zero-order chi connectivity index (χ0) is 22.9. The van der Waals surface area contributed by atoms with Crippen LogP contribution in [0.25, 0.3) is 10.9 Å². The Balaban J connectivity index is 2.12. The molecule has 1 aliphatic rings. The van der Waals surface area contributed by atoms with Crippen molar-refractivity contribution >= 4 is 28.8 Å². The molecule has 1 fully saturated rings. The van der Waals surface area contributed by atoms with E-state index in [9.17, 15) is 15.0 Å². The first-order valence-electron chi connectivity index (χ1n) is 9.95. The maximum Gasteiger partial charge on any atom is 0.409 e. The van der Waals surface area contributed by atoms with E-state index in [2.05, 4.69) is 9.97 Å². The van der Waals surface area contributed by atoms with Gasteiger partial charge in [0.05, 0.1) is 33.3 Å². The van der Waals surface area contributed by atoms with Gasteiger partial charge in [0.15, 0.2) is 17.2 Å². The fraction of sp³-hybridized carbons (Fsp3) is 0.550. The number of nitrogens with zero attached hydrogens (tertiary/aromatic N) is 4. The van der Waals surface area contributed by atoms with Gasteiger partial charge < -0.3 is 35.1 Å². The van der Waals surface area contributed by atoms with Crippen LogP contribution in [0, 0.1) is 5.92 Å². The zero-order valence-corrected chi connectivity index (χ0v) is 18.4. The van der Waals surface area contributed by atoms with Crippen LogP contribution in [0.2, 0.25) is 0 Å². The number of carboxylic acid groups (broad SMARTS) is 1. The maximum atomic E-state index is 11.7. The van der Waals surface area contributed by atoms with E-state index in [1.54, 1.807) is 11.0 Å². The van der Waals surface area contributed by atoms with Gasteiger partial charge in [-0.15, -0.1) is 0 Å². The van der Waals surface area contributed by atoms with E-state index < -0.39 is 11.8 Å². The minimum atomic E-state index is -1.59. The van der Waals surface area contributed by atoms with E-state index in [4.69, 9.17) is 19.9 Å². The largest absolute Gasteiger partial charge is 0.493 e. The first-order valence-corrected chi connectivity index (χ1v) is 9.95. The first kappa shape index (κ1) is 22.5. The van der Waals surface area contributed by atoms with E-state index in [0.29, 0.717) is 41.1 Å². The monoisotopic (exact) mass is 435 g/mol. The van der Waals surface area contributed by atoms with Crippen LogP contribution in [0.1, 0.15) is 20.3 Å². The highest BCUT2D eigenvalue weighted by Crippen LogP contribution is 2.44. The average molecular weight is 435 g/mol. The van der Waals surface area contributed by atoms with Crippen LogP contribution in [0.3, 0.4) is 0 Å². The van der Waals surface area contributed by atoms with Gasteiger partial charge in [-0.05, 0) is 12.5 Å². The summed E-state index contributed by atoms with van der Waals surface area (Å²) >= 11 is 0. The molecule has 0 bridgehead atoms. The van der Waals surface area contributed by atoms with Crippen LogP contribution in [-0.4, -0.2) is 77.9 Å². The molecule has 3 rings (SSSR count). The van der Waals surface area contributed by atoms with Crippen LogP contribution in [-0.2, 0) is 0 Å². The standard InChI is InChI=1S/C20H29N5O6/c1-6-11(2)20(28)10-24(7-8-25(20)19(26)27)18-22-14-12(17(21)23-18)9-13(29-3)15(30-4)16(14)31-5/h9,11,28H,6-8,10H2,1-5H3,(H,26,27)(H2,21,22,23). The number of aromatic nitrogens is 2. The number of fused-ring (bicyclic) bond motifs is 1. The van der Waals surface area contributed by atoms with E-state index in [1.807, 2.05) is 13.8 Å². The van der Waals surface area contributed by atoms with E-state index in [0.717, 1.165) is 4.90 Å². The number of benzene rings is 1. The number of nitrogen functional groups attached to an aromatic ring is 1. The molecule has 31 heavy (non-hydrogen) atoms. The van der Waals surface area contributed by atoms with Gasteiger partial charge >= 0.3 is 6.09 Å². The average Bonchev–Trinajstić information content (AvgIpc) is 2.76. The summed E-state index contributed by atoms with van der Waals surface area (Å²) < 4.78 is 16.3. The fourth-order valence-electron chi connectivity index (χ4n) is 3.92. The molecular weight excluding hydrogens is 406 g/mol. The Morgan fingerprint density at radius 2 is 1.90 bits per heavy atom. The second kappa shape index (κ2) is 8.50. The summed E-state index contributed by atoms with van der Waals surface area (Å²) in [6.45, 7) is 4.12. The number of β-amino-alcohol motifs (C(OH)–C–C–N with tert-alkyl or cyclic N) is 1. The Morgan fingerprint density at radius 1 is 1.23 bits per heavy atom. The van der Waals surface area contributed by atoms with E-state index in [-0.39, 0.29) is 30.8 Å². The van der Waals surface area contributed by atoms with Gasteiger partial charge in [-0.3, -0.25) is 4.90 Å². The molecule has 2 unspecified atom stereocenters. The molecular formula is C20H29N5O6. The summed E-state index contributed by atoms with van der Waals surface area (Å²) in [5, 5.41) is 21.4. The van der Waals surface area contributed by atoms with Crippen molar-refractivity contribution in [3.05, 3.63) is 6.07 Å². The van der Waals surface area contributed by atoms with Crippen molar-refractivity contribution in [1.29, 1.82) is 0 Å². The van der Waals surface area contributed by atoms with Crippen molar-refractivity contribution in [2.75, 3.05) is 51.6 Å². The molecule has 4 N–H and O–H groups in total. The number of ether oxygens (including phenoxy) is 3. The highest BCUT2D eigenvalue weighted by atomic mass is 16.5. The van der Waals surface area contributed by atoms with Crippen molar-refractivity contribution in [2.45, 2.75) is 26.0 Å². The number of carbonyl (C=O) groups is 1. The Hall–Kier alpha value is -3.21. The molecule has 1 saturated heterocycles. The number of rotatable bonds is 6. The molecule has 0 aliphatic carbocycles. The first-order chi connectivity index (χ1) is 14.7.